The number of hydrogen-bond donors (Lipinski definition) is 0. The highest BCUT2D eigenvalue weighted by molar-refractivity contribution is 6.10. The van der Waals surface area contributed by atoms with Gasteiger partial charge in [0.25, 0.3) is 0 Å². The van der Waals surface area contributed by atoms with Crippen molar-refractivity contribution in [2.75, 3.05) is 4.90 Å². The average Bonchev–Trinajstić information content (AvgIpc) is 2.91. The number of para-hydroxylation sites is 1. The highest BCUT2D eigenvalue weighted by Crippen LogP contribution is 2.45. The molecule has 0 spiro atoms. The second kappa shape index (κ2) is 10.7. The van der Waals surface area contributed by atoms with Gasteiger partial charge in [-0.2, -0.15) is 0 Å². The number of hydrogen-bond acceptors (Lipinski definition) is 2. The molecule has 1 aliphatic heterocycles. The Morgan fingerprint density at radius 1 is 0.771 bits per heavy atom. The molecule has 1 heterocycles. The summed E-state index contributed by atoms with van der Waals surface area (Å²) in [5, 5.41) is 0. The highest BCUT2D eigenvalue weighted by Gasteiger charge is 2.39. The molecule has 176 valence electrons. The molecule has 0 saturated carbocycles. The molecule has 0 saturated heterocycles. The number of aliphatic imine (C=N–C) groups is 1. The van der Waals surface area contributed by atoms with Crippen molar-refractivity contribution in [1.29, 1.82) is 0 Å². The Hall–Kier alpha value is -3.72. The zero-order valence-electron chi connectivity index (χ0n) is 20.1. The van der Waals surface area contributed by atoms with E-state index >= 15 is 0 Å². The fraction of sp³-hybridized carbons (Fsp3) is 0.219. The van der Waals surface area contributed by atoms with Gasteiger partial charge in [0.1, 0.15) is 5.82 Å². The lowest BCUT2D eigenvalue weighted by atomic mass is 9.77. The number of anilines is 1. The normalized spacial score (nSPS) is 18.5. The van der Waals surface area contributed by atoms with Crippen LogP contribution in [-0.2, 0) is 6.54 Å². The van der Waals surface area contributed by atoms with E-state index in [2.05, 4.69) is 96.8 Å². The minimum Gasteiger partial charge on any atom is -0.359 e. The van der Waals surface area contributed by atoms with Gasteiger partial charge in [0, 0.05) is 23.7 Å². The molecule has 0 aliphatic carbocycles. The van der Waals surface area contributed by atoms with E-state index in [1.165, 1.54) is 34.5 Å². The summed E-state index contributed by atoms with van der Waals surface area (Å²) >= 11 is 0. The smallest absolute Gasteiger partial charge is 0.123 e. The van der Waals surface area contributed by atoms with E-state index in [1.54, 1.807) is 12.1 Å². The summed E-state index contributed by atoms with van der Waals surface area (Å²) in [6, 6.07) is 36.8. The molecule has 35 heavy (non-hydrogen) atoms. The maximum atomic E-state index is 13.6. The highest BCUT2D eigenvalue weighted by atomic mass is 19.1. The number of unbranched alkanes of at least 4 members (excludes halogenated alkanes) is 1. The number of fused-ring (bicyclic) bond motifs is 1. The number of rotatable bonds is 7. The Kier molecular flexibility index (Phi) is 7.04. The van der Waals surface area contributed by atoms with Crippen LogP contribution in [0.25, 0.3) is 0 Å². The molecule has 1 aliphatic rings. The van der Waals surface area contributed by atoms with Crippen molar-refractivity contribution in [3.63, 3.8) is 0 Å². The van der Waals surface area contributed by atoms with Gasteiger partial charge in [0.2, 0.25) is 0 Å². The van der Waals surface area contributed by atoms with Crippen molar-refractivity contribution >= 4 is 17.1 Å². The van der Waals surface area contributed by atoms with Crippen molar-refractivity contribution in [2.24, 2.45) is 10.9 Å². The Bertz CT molecular complexity index is 1270. The molecule has 3 heteroatoms. The molecule has 0 fully saturated rings. The maximum Gasteiger partial charge on any atom is 0.123 e. The summed E-state index contributed by atoms with van der Waals surface area (Å²) in [4.78, 5) is 7.73. The maximum absolute atomic E-state index is 13.6. The van der Waals surface area contributed by atoms with Gasteiger partial charge in [-0.1, -0.05) is 98.6 Å². The van der Waals surface area contributed by atoms with E-state index in [1.807, 2.05) is 0 Å². The molecule has 0 amide bonds. The minimum absolute atomic E-state index is 0.150. The first-order valence-electron chi connectivity index (χ1n) is 12.5. The minimum atomic E-state index is -0.239. The zero-order chi connectivity index (χ0) is 24.0. The first kappa shape index (κ1) is 23.0. The van der Waals surface area contributed by atoms with Crippen LogP contribution in [0, 0.1) is 11.7 Å². The molecule has 0 unspecified atom stereocenters. The van der Waals surface area contributed by atoms with Crippen LogP contribution in [0.2, 0.25) is 0 Å². The molecule has 2 atom stereocenters. The van der Waals surface area contributed by atoms with Gasteiger partial charge in [-0.3, -0.25) is 4.99 Å². The summed E-state index contributed by atoms with van der Waals surface area (Å²) in [6.07, 6.45) is 3.29. The zero-order valence-corrected chi connectivity index (χ0v) is 20.1. The van der Waals surface area contributed by atoms with Crippen LogP contribution in [0.15, 0.2) is 114 Å². The molecule has 0 aromatic heterocycles. The second-order valence-electron chi connectivity index (χ2n) is 9.21. The summed E-state index contributed by atoms with van der Waals surface area (Å²) in [5.41, 5.74) is 6.84. The SMILES string of the molecule is CCCC[C@@H]1C(=Nc2ccc(F)cc2)c2ccccc2N(Cc2ccccc2)[C@H]1c1ccccc1. The van der Waals surface area contributed by atoms with Gasteiger partial charge in [-0.05, 0) is 47.9 Å². The number of halogens is 1. The lowest BCUT2D eigenvalue weighted by Gasteiger charge is -2.45. The predicted octanol–water partition coefficient (Wildman–Crippen LogP) is 8.51. The van der Waals surface area contributed by atoms with Crippen LogP contribution in [0.1, 0.15) is 48.9 Å². The van der Waals surface area contributed by atoms with Crippen LogP contribution in [0.5, 0.6) is 0 Å². The monoisotopic (exact) mass is 462 g/mol. The van der Waals surface area contributed by atoms with Crippen molar-refractivity contribution in [3.05, 3.63) is 132 Å². The molecule has 0 bridgehead atoms. The third kappa shape index (κ3) is 5.05. The van der Waals surface area contributed by atoms with Crippen molar-refractivity contribution < 1.29 is 4.39 Å². The fourth-order valence-corrected chi connectivity index (χ4v) is 5.20. The standard InChI is InChI=1S/C32H31FN2/c1-2-3-16-29-31(34-27-21-19-26(33)20-22-27)28-17-10-11-18-30(28)35(23-24-12-6-4-7-13-24)32(29)25-14-8-5-9-15-25/h4-15,17-22,29,32H,2-3,16,23H2,1H3/t29-,32+/m1/s1. The van der Waals surface area contributed by atoms with Gasteiger partial charge in [0.05, 0.1) is 17.4 Å². The summed E-state index contributed by atoms with van der Waals surface area (Å²) < 4.78 is 13.6. The Morgan fingerprint density at radius 3 is 2.14 bits per heavy atom. The Labute approximate surface area is 207 Å². The van der Waals surface area contributed by atoms with E-state index in [0.29, 0.717) is 0 Å². The number of nitrogens with zero attached hydrogens (tertiary/aromatic N) is 2. The second-order valence-corrected chi connectivity index (χ2v) is 9.21. The summed E-state index contributed by atoms with van der Waals surface area (Å²) in [5.74, 6) is -0.0299. The summed E-state index contributed by atoms with van der Waals surface area (Å²) in [6.45, 7) is 3.07. The van der Waals surface area contributed by atoms with Crippen LogP contribution in [0.3, 0.4) is 0 Å². The Balaban J connectivity index is 1.71. The lowest BCUT2D eigenvalue weighted by molar-refractivity contribution is 0.449. The molecule has 4 aromatic carbocycles. The van der Waals surface area contributed by atoms with E-state index in [0.717, 1.165) is 37.2 Å². The topological polar surface area (TPSA) is 15.6 Å². The fourth-order valence-electron chi connectivity index (χ4n) is 5.20. The van der Waals surface area contributed by atoms with E-state index < -0.39 is 0 Å². The van der Waals surface area contributed by atoms with Crippen LogP contribution in [-0.4, -0.2) is 5.71 Å². The lowest BCUT2D eigenvalue weighted by Crippen LogP contribution is -2.42. The van der Waals surface area contributed by atoms with Gasteiger partial charge in [0.15, 0.2) is 0 Å². The van der Waals surface area contributed by atoms with Gasteiger partial charge in [-0.15, -0.1) is 0 Å². The molecular weight excluding hydrogens is 431 g/mol. The van der Waals surface area contributed by atoms with Crippen molar-refractivity contribution in [3.8, 4) is 0 Å². The van der Waals surface area contributed by atoms with Crippen molar-refractivity contribution in [1.82, 2.24) is 0 Å². The quantitative estimate of drug-likeness (QED) is 0.269. The van der Waals surface area contributed by atoms with Gasteiger partial charge >= 0.3 is 0 Å². The molecule has 4 aromatic rings. The third-order valence-electron chi connectivity index (χ3n) is 6.84. The van der Waals surface area contributed by atoms with E-state index in [4.69, 9.17) is 4.99 Å². The van der Waals surface area contributed by atoms with Crippen molar-refractivity contribution in [2.45, 2.75) is 38.8 Å². The van der Waals surface area contributed by atoms with Crippen LogP contribution in [0.4, 0.5) is 15.8 Å². The molecule has 2 nitrogen and oxygen atoms in total. The average molecular weight is 463 g/mol. The van der Waals surface area contributed by atoms with E-state index in [9.17, 15) is 4.39 Å². The molecule has 5 rings (SSSR count). The Morgan fingerprint density at radius 2 is 1.43 bits per heavy atom. The molecule has 0 radical (unpaired) electrons. The number of benzene rings is 4. The van der Waals surface area contributed by atoms with E-state index in [-0.39, 0.29) is 17.8 Å². The predicted molar refractivity (Wildman–Crippen MR) is 144 cm³/mol. The van der Waals surface area contributed by atoms with Crippen LogP contribution >= 0.6 is 0 Å². The van der Waals surface area contributed by atoms with Crippen LogP contribution < -0.4 is 4.90 Å². The first-order valence-corrected chi connectivity index (χ1v) is 12.5. The van der Waals surface area contributed by atoms with Gasteiger partial charge < -0.3 is 4.90 Å². The first-order chi connectivity index (χ1) is 17.2. The van der Waals surface area contributed by atoms with Gasteiger partial charge in [-0.25, -0.2) is 4.39 Å². The molecule has 0 N–H and O–H groups in total. The third-order valence-corrected chi connectivity index (χ3v) is 6.84. The molecular formula is C32H31FN2. The summed E-state index contributed by atoms with van der Waals surface area (Å²) in [7, 11) is 0. The largest absolute Gasteiger partial charge is 0.359 e.